The lowest BCUT2D eigenvalue weighted by molar-refractivity contribution is 0.322. The second-order valence-corrected chi connectivity index (χ2v) is 5.64. The number of hydrogen-bond donors (Lipinski definition) is 2. The first-order valence-corrected chi connectivity index (χ1v) is 9.01. The van der Waals surface area contributed by atoms with Crippen molar-refractivity contribution < 1.29 is 14.2 Å². The molecular formula is C20H29IN4O3. The van der Waals surface area contributed by atoms with Gasteiger partial charge in [0.15, 0.2) is 17.5 Å². The zero-order valence-corrected chi connectivity index (χ0v) is 19.2. The van der Waals surface area contributed by atoms with E-state index >= 15 is 0 Å². The molecule has 7 nitrogen and oxygen atoms in total. The minimum absolute atomic E-state index is 0. The molecule has 154 valence electrons. The number of rotatable bonds is 9. The summed E-state index contributed by atoms with van der Waals surface area (Å²) in [5.74, 6) is 2.76. The number of methoxy groups -OCH3 is 2. The van der Waals surface area contributed by atoms with Crippen LogP contribution >= 0.6 is 24.0 Å². The largest absolute Gasteiger partial charge is 0.493 e. The molecule has 0 fully saturated rings. The minimum Gasteiger partial charge on any atom is -0.493 e. The number of ether oxygens (including phenoxy) is 3. The van der Waals surface area contributed by atoms with Crippen LogP contribution in [0, 0.1) is 0 Å². The monoisotopic (exact) mass is 500 g/mol. The molecule has 0 saturated heterocycles. The van der Waals surface area contributed by atoms with Crippen LogP contribution in [0.1, 0.15) is 25.0 Å². The van der Waals surface area contributed by atoms with Gasteiger partial charge in [0, 0.05) is 24.8 Å². The van der Waals surface area contributed by atoms with Crippen LogP contribution in [0.15, 0.2) is 41.5 Å². The average Bonchev–Trinajstić information content (AvgIpc) is 2.71. The molecule has 0 amide bonds. The summed E-state index contributed by atoms with van der Waals surface area (Å²) in [5.41, 5.74) is 2.01. The highest BCUT2D eigenvalue weighted by atomic mass is 127. The van der Waals surface area contributed by atoms with Crippen molar-refractivity contribution in [2.75, 3.05) is 27.4 Å². The van der Waals surface area contributed by atoms with Crippen LogP contribution in [0.4, 0.5) is 0 Å². The second-order valence-electron chi connectivity index (χ2n) is 5.64. The van der Waals surface area contributed by atoms with Crippen LogP contribution in [0.5, 0.6) is 17.4 Å². The quantitative estimate of drug-likeness (QED) is 0.313. The van der Waals surface area contributed by atoms with Crippen molar-refractivity contribution >= 4 is 29.9 Å². The Morgan fingerprint density at radius 3 is 2.54 bits per heavy atom. The number of pyridine rings is 1. The zero-order chi connectivity index (χ0) is 19.5. The summed E-state index contributed by atoms with van der Waals surface area (Å²) in [6.45, 7) is 6.41. The highest BCUT2D eigenvalue weighted by molar-refractivity contribution is 14.0. The smallest absolute Gasteiger partial charge is 0.218 e. The first-order chi connectivity index (χ1) is 13.2. The van der Waals surface area contributed by atoms with Gasteiger partial charge in [0.1, 0.15) is 0 Å². The Kier molecular flexibility index (Phi) is 11.1. The van der Waals surface area contributed by atoms with Crippen molar-refractivity contribution in [3.8, 4) is 17.4 Å². The molecule has 0 aliphatic carbocycles. The van der Waals surface area contributed by atoms with E-state index in [1.54, 1.807) is 20.4 Å². The number of nitrogens with one attached hydrogen (secondary N) is 2. The van der Waals surface area contributed by atoms with Crippen LogP contribution < -0.4 is 24.8 Å². The molecule has 0 unspecified atom stereocenters. The zero-order valence-electron chi connectivity index (χ0n) is 16.8. The molecule has 0 aliphatic heterocycles. The lowest BCUT2D eigenvalue weighted by atomic mass is 10.2. The van der Waals surface area contributed by atoms with Gasteiger partial charge in [0.05, 0.1) is 27.4 Å². The molecule has 2 N–H and O–H groups in total. The predicted molar refractivity (Wildman–Crippen MR) is 122 cm³/mol. The summed E-state index contributed by atoms with van der Waals surface area (Å²) in [6, 6.07) is 9.67. The van der Waals surface area contributed by atoms with Crippen molar-refractivity contribution in [1.29, 1.82) is 0 Å². The standard InChI is InChI=1S/C20H28N4O3.HI/c1-5-21-20(24-14-16-8-7-11-22-19(16)27-6-2)23-13-15-9-10-17(25-3)18(12-15)26-4;/h7-12H,5-6,13-14H2,1-4H3,(H2,21,23,24);1H. The highest BCUT2D eigenvalue weighted by Gasteiger charge is 2.07. The Hall–Kier alpha value is -2.23. The van der Waals surface area contributed by atoms with Gasteiger partial charge in [-0.3, -0.25) is 0 Å². The van der Waals surface area contributed by atoms with Crippen molar-refractivity contribution in [2.45, 2.75) is 26.9 Å². The van der Waals surface area contributed by atoms with Crippen molar-refractivity contribution in [3.63, 3.8) is 0 Å². The minimum atomic E-state index is 0. The molecule has 1 aromatic heterocycles. The van der Waals surface area contributed by atoms with Crippen molar-refractivity contribution in [2.24, 2.45) is 4.99 Å². The van der Waals surface area contributed by atoms with E-state index in [0.717, 1.165) is 23.6 Å². The van der Waals surface area contributed by atoms with Crippen LogP contribution in [0.2, 0.25) is 0 Å². The van der Waals surface area contributed by atoms with Gasteiger partial charge in [-0.1, -0.05) is 12.1 Å². The molecule has 0 radical (unpaired) electrons. The molecular weight excluding hydrogens is 471 g/mol. The van der Waals surface area contributed by atoms with Crippen molar-refractivity contribution in [1.82, 2.24) is 15.6 Å². The Morgan fingerprint density at radius 2 is 1.86 bits per heavy atom. The summed E-state index contributed by atoms with van der Waals surface area (Å²) < 4.78 is 16.2. The van der Waals surface area contributed by atoms with Gasteiger partial charge < -0.3 is 24.8 Å². The molecule has 0 spiro atoms. The van der Waals surface area contributed by atoms with Gasteiger partial charge >= 0.3 is 0 Å². The lowest BCUT2D eigenvalue weighted by Crippen LogP contribution is -2.36. The first-order valence-electron chi connectivity index (χ1n) is 9.01. The van der Waals surface area contributed by atoms with Crippen LogP contribution in [-0.2, 0) is 13.1 Å². The number of guanidine groups is 1. The van der Waals surface area contributed by atoms with Gasteiger partial charge in [0.25, 0.3) is 0 Å². The van der Waals surface area contributed by atoms with Gasteiger partial charge in [-0.2, -0.15) is 0 Å². The molecule has 1 heterocycles. The highest BCUT2D eigenvalue weighted by Crippen LogP contribution is 2.27. The van der Waals surface area contributed by atoms with Gasteiger partial charge in [-0.15, -0.1) is 24.0 Å². The third-order valence-corrected chi connectivity index (χ3v) is 3.79. The second kappa shape index (κ2) is 13.0. The predicted octanol–water partition coefficient (Wildman–Crippen LogP) is 3.37. The fraction of sp³-hybridized carbons (Fsp3) is 0.400. The molecule has 0 aliphatic rings. The maximum Gasteiger partial charge on any atom is 0.218 e. The van der Waals surface area contributed by atoms with E-state index in [1.807, 2.05) is 44.2 Å². The molecule has 0 saturated carbocycles. The molecule has 0 atom stereocenters. The Labute approximate surface area is 183 Å². The summed E-state index contributed by atoms with van der Waals surface area (Å²) in [5, 5.41) is 6.57. The first kappa shape index (κ1) is 23.8. The van der Waals surface area contributed by atoms with E-state index in [-0.39, 0.29) is 24.0 Å². The number of benzene rings is 1. The van der Waals surface area contributed by atoms with Gasteiger partial charge in [-0.25, -0.2) is 9.98 Å². The maximum atomic E-state index is 5.57. The molecule has 1 aromatic carbocycles. The van der Waals surface area contributed by atoms with E-state index in [2.05, 4.69) is 20.6 Å². The van der Waals surface area contributed by atoms with Gasteiger partial charge in [-0.05, 0) is 37.6 Å². The van der Waals surface area contributed by atoms with Crippen LogP contribution in [0.3, 0.4) is 0 Å². The SMILES string of the molecule is CCNC(=NCc1ccc(OC)c(OC)c1)NCc1cccnc1OCC.I. The number of aromatic nitrogens is 1. The number of hydrogen-bond acceptors (Lipinski definition) is 5. The van der Waals surface area contributed by atoms with E-state index in [4.69, 9.17) is 14.2 Å². The molecule has 0 bridgehead atoms. The fourth-order valence-corrected chi connectivity index (χ4v) is 2.50. The van der Waals surface area contributed by atoms with Crippen LogP contribution in [0.25, 0.3) is 0 Å². The number of aliphatic imine (C=N–C) groups is 1. The summed E-state index contributed by atoms with van der Waals surface area (Å²) in [7, 11) is 3.25. The molecule has 2 aromatic rings. The van der Waals surface area contributed by atoms with Crippen molar-refractivity contribution in [3.05, 3.63) is 47.7 Å². The Bertz CT molecular complexity index is 756. The topological polar surface area (TPSA) is 77.0 Å². The average molecular weight is 500 g/mol. The lowest BCUT2D eigenvalue weighted by Gasteiger charge is -2.14. The van der Waals surface area contributed by atoms with Crippen LogP contribution in [-0.4, -0.2) is 38.3 Å². The summed E-state index contributed by atoms with van der Waals surface area (Å²) in [6.07, 6.45) is 1.73. The van der Waals surface area contributed by atoms with E-state index in [0.29, 0.717) is 37.1 Å². The fourth-order valence-electron chi connectivity index (χ4n) is 2.50. The summed E-state index contributed by atoms with van der Waals surface area (Å²) in [4.78, 5) is 8.92. The maximum absolute atomic E-state index is 5.57. The third kappa shape index (κ3) is 7.06. The van der Waals surface area contributed by atoms with Gasteiger partial charge in [0.2, 0.25) is 5.88 Å². The normalized spacial score (nSPS) is 10.6. The van der Waals surface area contributed by atoms with E-state index in [1.165, 1.54) is 0 Å². The molecule has 8 heteroatoms. The summed E-state index contributed by atoms with van der Waals surface area (Å²) >= 11 is 0. The number of halogens is 1. The third-order valence-electron chi connectivity index (χ3n) is 3.79. The molecule has 28 heavy (non-hydrogen) atoms. The van der Waals surface area contributed by atoms with E-state index in [9.17, 15) is 0 Å². The molecule has 2 rings (SSSR count). The Balaban J connectivity index is 0.00000392. The van der Waals surface area contributed by atoms with E-state index < -0.39 is 0 Å². The number of nitrogens with zero attached hydrogens (tertiary/aromatic N) is 2. The Morgan fingerprint density at radius 1 is 1.07 bits per heavy atom.